The minimum atomic E-state index is -1.06. The van der Waals surface area contributed by atoms with Crippen LogP contribution in [0.2, 0.25) is 0 Å². The molecule has 4 nitrogen and oxygen atoms in total. The molecule has 4 heteroatoms. The number of carbonyl (C=O) groups is 2. The van der Waals surface area contributed by atoms with E-state index in [1.165, 1.54) is 14.2 Å². The highest BCUT2D eigenvalue weighted by Gasteiger charge is 2.54. The molecule has 0 spiro atoms. The summed E-state index contributed by atoms with van der Waals surface area (Å²) in [6.07, 6.45) is 4.17. The summed E-state index contributed by atoms with van der Waals surface area (Å²) in [7, 11) is 2.66. The van der Waals surface area contributed by atoms with Gasteiger partial charge in [-0.05, 0) is 18.8 Å². The molecule has 1 aliphatic rings. The molecule has 0 amide bonds. The van der Waals surface area contributed by atoms with Gasteiger partial charge in [0, 0.05) is 0 Å². The zero-order valence-corrected chi connectivity index (χ0v) is 10.2. The molecule has 1 atom stereocenters. The van der Waals surface area contributed by atoms with E-state index >= 15 is 0 Å². The molecular weight excluding hydrogens is 208 g/mol. The lowest BCUT2D eigenvalue weighted by Gasteiger charge is -2.38. The average Bonchev–Trinajstić information content (AvgIpc) is 2.36. The average molecular weight is 228 g/mol. The van der Waals surface area contributed by atoms with Gasteiger partial charge in [0.15, 0.2) is 5.41 Å². The molecule has 0 heterocycles. The van der Waals surface area contributed by atoms with Crippen molar-refractivity contribution < 1.29 is 19.1 Å². The summed E-state index contributed by atoms with van der Waals surface area (Å²) in [6, 6.07) is 0. The summed E-state index contributed by atoms with van der Waals surface area (Å²) < 4.78 is 9.62. The first-order chi connectivity index (χ1) is 7.63. The zero-order valence-electron chi connectivity index (χ0n) is 10.2. The minimum absolute atomic E-state index is 0.0427. The van der Waals surface area contributed by atoms with Crippen molar-refractivity contribution in [1.82, 2.24) is 0 Å². The molecule has 0 aromatic heterocycles. The van der Waals surface area contributed by atoms with E-state index in [0.717, 1.165) is 25.7 Å². The van der Waals surface area contributed by atoms with Crippen LogP contribution in [0.1, 0.15) is 39.0 Å². The van der Waals surface area contributed by atoms with E-state index in [2.05, 4.69) is 0 Å². The van der Waals surface area contributed by atoms with E-state index in [9.17, 15) is 9.59 Å². The lowest BCUT2D eigenvalue weighted by molar-refractivity contribution is -0.177. The van der Waals surface area contributed by atoms with E-state index in [4.69, 9.17) is 9.47 Å². The first-order valence-electron chi connectivity index (χ1n) is 5.80. The minimum Gasteiger partial charge on any atom is -0.468 e. The molecule has 0 saturated heterocycles. The van der Waals surface area contributed by atoms with Gasteiger partial charge >= 0.3 is 11.9 Å². The lowest BCUT2D eigenvalue weighted by atomic mass is 9.65. The van der Waals surface area contributed by atoms with Crippen LogP contribution >= 0.6 is 0 Å². The fraction of sp³-hybridized carbons (Fsp3) is 0.833. The van der Waals surface area contributed by atoms with Crippen LogP contribution in [0.25, 0.3) is 0 Å². The van der Waals surface area contributed by atoms with Crippen molar-refractivity contribution in [3.05, 3.63) is 0 Å². The van der Waals surface area contributed by atoms with Crippen LogP contribution in [0.3, 0.4) is 0 Å². The molecular formula is C12H20O4. The van der Waals surface area contributed by atoms with E-state index in [0.29, 0.717) is 6.42 Å². The van der Waals surface area contributed by atoms with Gasteiger partial charge in [0.05, 0.1) is 14.2 Å². The number of ether oxygens (including phenoxy) is 2. The van der Waals surface area contributed by atoms with Gasteiger partial charge in [0.2, 0.25) is 0 Å². The Balaban J connectivity index is 3.08. The summed E-state index contributed by atoms with van der Waals surface area (Å²) in [6.45, 7) is 2.00. The molecule has 0 aromatic rings. The zero-order chi connectivity index (χ0) is 12.2. The van der Waals surface area contributed by atoms with Crippen LogP contribution in [0.4, 0.5) is 0 Å². The molecule has 1 fully saturated rings. The predicted molar refractivity (Wildman–Crippen MR) is 58.7 cm³/mol. The molecule has 1 saturated carbocycles. The van der Waals surface area contributed by atoms with Gasteiger partial charge in [0.25, 0.3) is 0 Å². The van der Waals surface area contributed by atoms with Gasteiger partial charge < -0.3 is 9.47 Å². The summed E-state index contributed by atoms with van der Waals surface area (Å²) in [5, 5.41) is 0. The molecule has 0 radical (unpaired) electrons. The number of methoxy groups -OCH3 is 2. The smallest absolute Gasteiger partial charge is 0.323 e. The third-order valence-corrected chi connectivity index (χ3v) is 3.66. The van der Waals surface area contributed by atoms with Gasteiger partial charge in [0.1, 0.15) is 0 Å². The van der Waals surface area contributed by atoms with E-state index in [-0.39, 0.29) is 5.92 Å². The number of hydrogen-bond donors (Lipinski definition) is 0. The second-order valence-electron chi connectivity index (χ2n) is 4.31. The van der Waals surface area contributed by atoms with Gasteiger partial charge in [-0.3, -0.25) is 9.59 Å². The van der Waals surface area contributed by atoms with Crippen LogP contribution in [0.5, 0.6) is 0 Å². The number of rotatable bonds is 3. The topological polar surface area (TPSA) is 52.6 Å². The molecule has 1 unspecified atom stereocenters. The lowest BCUT2D eigenvalue weighted by Crippen LogP contribution is -2.48. The van der Waals surface area contributed by atoms with E-state index in [1.54, 1.807) is 0 Å². The highest BCUT2D eigenvalue weighted by molar-refractivity contribution is 6.00. The second kappa shape index (κ2) is 5.32. The van der Waals surface area contributed by atoms with Gasteiger partial charge in [-0.2, -0.15) is 0 Å². The molecule has 0 aromatic carbocycles. The summed E-state index contributed by atoms with van der Waals surface area (Å²) in [5.74, 6) is -0.835. The van der Waals surface area contributed by atoms with Crippen molar-refractivity contribution in [2.75, 3.05) is 14.2 Å². The predicted octanol–water partition coefficient (Wildman–Crippen LogP) is 1.92. The monoisotopic (exact) mass is 228 g/mol. The van der Waals surface area contributed by atoms with Gasteiger partial charge in [-0.15, -0.1) is 0 Å². The van der Waals surface area contributed by atoms with Crippen LogP contribution in [0, 0.1) is 11.3 Å². The van der Waals surface area contributed by atoms with Crippen LogP contribution in [-0.2, 0) is 19.1 Å². The second-order valence-corrected chi connectivity index (χ2v) is 4.31. The Bertz CT molecular complexity index is 256. The SMILES string of the molecule is CCC1CCCCC1(C(=O)OC)C(=O)OC. The Hall–Kier alpha value is -1.06. The standard InChI is InChI=1S/C12H20O4/c1-4-9-7-5-6-8-12(9,10(13)15-2)11(14)16-3/h9H,4-8H2,1-3H3. The number of esters is 2. The van der Waals surface area contributed by atoms with Crippen molar-refractivity contribution in [3.63, 3.8) is 0 Å². The Morgan fingerprint density at radius 2 is 1.75 bits per heavy atom. The van der Waals surface area contributed by atoms with Crippen molar-refractivity contribution in [1.29, 1.82) is 0 Å². The van der Waals surface area contributed by atoms with Crippen molar-refractivity contribution in [3.8, 4) is 0 Å². The first kappa shape index (κ1) is 13.0. The fourth-order valence-corrected chi connectivity index (χ4v) is 2.78. The molecule has 0 N–H and O–H groups in total. The largest absolute Gasteiger partial charge is 0.468 e. The van der Waals surface area contributed by atoms with Gasteiger partial charge in [-0.25, -0.2) is 0 Å². The summed E-state index contributed by atoms with van der Waals surface area (Å²) >= 11 is 0. The van der Waals surface area contributed by atoms with Crippen LogP contribution in [-0.4, -0.2) is 26.2 Å². The maximum Gasteiger partial charge on any atom is 0.323 e. The highest BCUT2D eigenvalue weighted by Crippen LogP contribution is 2.44. The van der Waals surface area contributed by atoms with Crippen molar-refractivity contribution in [2.45, 2.75) is 39.0 Å². The third kappa shape index (κ3) is 1.93. The molecule has 1 rings (SSSR count). The summed E-state index contributed by atoms with van der Waals surface area (Å²) in [5.41, 5.74) is -1.06. The fourth-order valence-electron chi connectivity index (χ4n) is 2.78. The maximum atomic E-state index is 11.9. The highest BCUT2D eigenvalue weighted by atomic mass is 16.5. The number of hydrogen-bond acceptors (Lipinski definition) is 4. The Kier molecular flexibility index (Phi) is 4.33. The Morgan fingerprint density at radius 3 is 2.19 bits per heavy atom. The first-order valence-corrected chi connectivity index (χ1v) is 5.80. The molecule has 1 aliphatic carbocycles. The summed E-state index contributed by atoms with van der Waals surface area (Å²) in [4.78, 5) is 23.9. The molecule has 92 valence electrons. The Morgan fingerprint density at radius 1 is 1.19 bits per heavy atom. The molecule has 0 bridgehead atoms. The molecule has 16 heavy (non-hydrogen) atoms. The van der Waals surface area contributed by atoms with E-state index < -0.39 is 17.4 Å². The normalized spacial score (nSPS) is 23.6. The van der Waals surface area contributed by atoms with Crippen molar-refractivity contribution >= 4 is 11.9 Å². The molecule has 0 aliphatic heterocycles. The van der Waals surface area contributed by atoms with Gasteiger partial charge in [-0.1, -0.05) is 26.2 Å². The number of carbonyl (C=O) groups excluding carboxylic acids is 2. The Labute approximate surface area is 96.3 Å². The van der Waals surface area contributed by atoms with E-state index in [1.807, 2.05) is 6.92 Å². The van der Waals surface area contributed by atoms with Crippen molar-refractivity contribution in [2.24, 2.45) is 11.3 Å². The van der Waals surface area contributed by atoms with Crippen LogP contribution in [0.15, 0.2) is 0 Å². The maximum absolute atomic E-state index is 11.9. The third-order valence-electron chi connectivity index (χ3n) is 3.66. The van der Waals surface area contributed by atoms with Crippen LogP contribution < -0.4 is 0 Å². The quantitative estimate of drug-likeness (QED) is 0.547.